The summed E-state index contributed by atoms with van der Waals surface area (Å²) in [7, 11) is 1.23. The number of aromatic nitrogens is 1. The first-order valence-corrected chi connectivity index (χ1v) is 5.86. The predicted molar refractivity (Wildman–Crippen MR) is 71.5 cm³/mol. The maximum absolute atomic E-state index is 13.3. The number of pyridine rings is 1. The van der Waals surface area contributed by atoms with Gasteiger partial charge in [-0.3, -0.25) is 0 Å². The zero-order valence-electron chi connectivity index (χ0n) is 10.4. The molecule has 0 aliphatic heterocycles. The normalized spacial score (nSPS) is 10.2. The van der Waals surface area contributed by atoms with Gasteiger partial charge < -0.3 is 15.2 Å². The second-order valence-corrected chi connectivity index (χ2v) is 4.15. The van der Waals surface area contributed by atoms with Crippen molar-refractivity contribution in [3.63, 3.8) is 0 Å². The Kier molecular flexibility index (Phi) is 4.05. The highest BCUT2D eigenvalue weighted by Gasteiger charge is 2.15. The SMILES string of the molecule is COC(=O)c1ccnc(Oc2ccc(Cl)c(F)c2)c1N. The van der Waals surface area contributed by atoms with Crippen molar-refractivity contribution < 1.29 is 18.7 Å². The van der Waals surface area contributed by atoms with Crippen molar-refractivity contribution in [1.29, 1.82) is 0 Å². The number of nitrogens with zero attached hydrogens (tertiary/aromatic N) is 1. The summed E-state index contributed by atoms with van der Waals surface area (Å²) in [6.07, 6.45) is 1.34. The molecule has 0 saturated carbocycles. The molecular weight excluding hydrogens is 287 g/mol. The van der Waals surface area contributed by atoms with Gasteiger partial charge >= 0.3 is 5.97 Å². The maximum Gasteiger partial charge on any atom is 0.340 e. The van der Waals surface area contributed by atoms with Gasteiger partial charge in [0.15, 0.2) is 0 Å². The molecule has 1 aromatic carbocycles. The van der Waals surface area contributed by atoms with Gasteiger partial charge in [-0.15, -0.1) is 0 Å². The van der Waals surface area contributed by atoms with Crippen LogP contribution in [0, 0.1) is 5.82 Å². The van der Waals surface area contributed by atoms with Crippen LogP contribution >= 0.6 is 11.6 Å². The number of hydrogen-bond donors (Lipinski definition) is 1. The number of nitrogens with two attached hydrogens (primary N) is 1. The average Bonchev–Trinajstić information content (AvgIpc) is 2.44. The van der Waals surface area contributed by atoms with E-state index in [2.05, 4.69) is 9.72 Å². The molecule has 0 atom stereocenters. The fourth-order valence-corrected chi connectivity index (χ4v) is 1.59. The van der Waals surface area contributed by atoms with E-state index >= 15 is 0 Å². The number of halogens is 2. The van der Waals surface area contributed by atoms with Crippen molar-refractivity contribution in [3.05, 3.63) is 46.9 Å². The molecule has 0 aliphatic carbocycles. The lowest BCUT2D eigenvalue weighted by atomic mass is 10.2. The lowest BCUT2D eigenvalue weighted by Crippen LogP contribution is -2.07. The summed E-state index contributed by atoms with van der Waals surface area (Å²) in [5.41, 5.74) is 5.89. The second kappa shape index (κ2) is 5.75. The van der Waals surface area contributed by atoms with E-state index in [9.17, 15) is 9.18 Å². The smallest absolute Gasteiger partial charge is 0.340 e. The second-order valence-electron chi connectivity index (χ2n) is 3.75. The van der Waals surface area contributed by atoms with Gasteiger partial charge in [0, 0.05) is 12.3 Å². The Morgan fingerprint density at radius 2 is 2.15 bits per heavy atom. The van der Waals surface area contributed by atoms with Crippen LogP contribution in [0.25, 0.3) is 0 Å². The van der Waals surface area contributed by atoms with Crippen LogP contribution in [-0.4, -0.2) is 18.1 Å². The van der Waals surface area contributed by atoms with Gasteiger partial charge in [0.05, 0.1) is 17.7 Å². The summed E-state index contributed by atoms with van der Waals surface area (Å²) in [6.45, 7) is 0. The van der Waals surface area contributed by atoms with Gasteiger partial charge in [0.25, 0.3) is 0 Å². The van der Waals surface area contributed by atoms with Crippen LogP contribution in [0.1, 0.15) is 10.4 Å². The van der Waals surface area contributed by atoms with Crippen molar-refractivity contribution in [3.8, 4) is 11.6 Å². The average molecular weight is 297 g/mol. The third kappa shape index (κ3) is 2.80. The molecule has 0 saturated heterocycles. The summed E-state index contributed by atoms with van der Waals surface area (Å²) < 4.78 is 23.2. The number of esters is 1. The molecule has 0 radical (unpaired) electrons. The Balaban J connectivity index is 2.34. The highest BCUT2D eigenvalue weighted by molar-refractivity contribution is 6.30. The van der Waals surface area contributed by atoms with E-state index < -0.39 is 11.8 Å². The van der Waals surface area contributed by atoms with Crippen LogP contribution in [0.15, 0.2) is 30.5 Å². The Labute approximate surface area is 119 Å². The zero-order valence-corrected chi connectivity index (χ0v) is 11.1. The first kappa shape index (κ1) is 14.1. The Hall–Kier alpha value is -2.34. The highest BCUT2D eigenvalue weighted by atomic mass is 35.5. The van der Waals surface area contributed by atoms with Gasteiger partial charge in [0.1, 0.15) is 17.3 Å². The molecule has 0 bridgehead atoms. The van der Waals surface area contributed by atoms with Gasteiger partial charge in [-0.1, -0.05) is 11.6 Å². The molecule has 2 N–H and O–H groups in total. The lowest BCUT2D eigenvalue weighted by molar-refractivity contribution is 0.0601. The number of rotatable bonds is 3. The van der Waals surface area contributed by atoms with E-state index in [1.807, 2.05) is 0 Å². The minimum absolute atomic E-state index is 0.00899. The summed E-state index contributed by atoms with van der Waals surface area (Å²) >= 11 is 5.57. The van der Waals surface area contributed by atoms with Crippen LogP contribution < -0.4 is 10.5 Å². The molecule has 1 heterocycles. The largest absolute Gasteiger partial charge is 0.465 e. The fourth-order valence-electron chi connectivity index (χ4n) is 1.48. The quantitative estimate of drug-likeness (QED) is 0.881. The number of ether oxygens (including phenoxy) is 2. The van der Waals surface area contributed by atoms with Gasteiger partial charge in [-0.25, -0.2) is 14.2 Å². The first-order chi connectivity index (χ1) is 9.52. The number of anilines is 1. The Bertz CT molecular complexity index is 664. The highest BCUT2D eigenvalue weighted by Crippen LogP contribution is 2.29. The Morgan fingerprint density at radius 1 is 1.40 bits per heavy atom. The predicted octanol–water partition coefficient (Wildman–Crippen LogP) is 3.04. The van der Waals surface area contributed by atoms with E-state index in [0.717, 1.165) is 6.07 Å². The van der Waals surface area contributed by atoms with E-state index in [0.29, 0.717) is 0 Å². The maximum atomic E-state index is 13.3. The summed E-state index contributed by atoms with van der Waals surface area (Å²) in [5, 5.41) is -0.0263. The van der Waals surface area contributed by atoms with Gasteiger partial charge in [-0.05, 0) is 18.2 Å². The monoisotopic (exact) mass is 296 g/mol. The first-order valence-electron chi connectivity index (χ1n) is 5.48. The van der Waals surface area contributed by atoms with Crippen molar-refractivity contribution in [2.45, 2.75) is 0 Å². The summed E-state index contributed by atoms with van der Waals surface area (Å²) in [6, 6.07) is 5.29. The summed E-state index contributed by atoms with van der Waals surface area (Å²) in [4.78, 5) is 15.4. The molecule has 2 aromatic rings. The minimum Gasteiger partial charge on any atom is -0.465 e. The van der Waals surface area contributed by atoms with Crippen molar-refractivity contribution in [2.24, 2.45) is 0 Å². The zero-order chi connectivity index (χ0) is 14.7. The number of nitrogen functional groups attached to an aromatic ring is 1. The molecule has 20 heavy (non-hydrogen) atoms. The minimum atomic E-state index is -0.633. The number of benzene rings is 1. The number of methoxy groups -OCH3 is 1. The molecular formula is C13H10ClFN2O3. The molecule has 0 fully saturated rings. The van der Waals surface area contributed by atoms with E-state index in [4.69, 9.17) is 22.1 Å². The number of hydrogen-bond acceptors (Lipinski definition) is 5. The molecule has 1 aromatic heterocycles. The van der Waals surface area contributed by atoms with E-state index in [-0.39, 0.29) is 27.9 Å². The van der Waals surface area contributed by atoms with Crippen LogP contribution in [0.5, 0.6) is 11.6 Å². The van der Waals surface area contributed by atoms with Crippen LogP contribution in [0.2, 0.25) is 5.02 Å². The van der Waals surface area contributed by atoms with Crippen LogP contribution in [-0.2, 0) is 4.74 Å². The topological polar surface area (TPSA) is 74.4 Å². The molecule has 0 unspecified atom stereocenters. The molecule has 7 heteroatoms. The fraction of sp³-hybridized carbons (Fsp3) is 0.0769. The number of carbonyl (C=O) groups excluding carboxylic acids is 1. The van der Waals surface area contributed by atoms with E-state index in [1.165, 1.54) is 31.5 Å². The molecule has 2 rings (SSSR count). The molecule has 0 aliphatic rings. The van der Waals surface area contributed by atoms with Gasteiger partial charge in [-0.2, -0.15) is 0 Å². The molecule has 0 amide bonds. The van der Waals surface area contributed by atoms with Crippen molar-refractivity contribution in [1.82, 2.24) is 4.98 Å². The molecule has 0 spiro atoms. The summed E-state index contributed by atoms with van der Waals surface area (Å²) in [5.74, 6) is -1.10. The van der Waals surface area contributed by atoms with E-state index in [1.54, 1.807) is 0 Å². The third-order valence-corrected chi connectivity index (χ3v) is 2.77. The molecule has 5 nitrogen and oxygen atoms in total. The molecule has 104 valence electrons. The number of carbonyl (C=O) groups is 1. The van der Waals surface area contributed by atoms with Crippen LogP contribution in [0.4, 0.5) is 10.1 Å². The van der Waals surface area contributed by atoms with Gasteiger partial charge in [0.2, 0.25) is 5.88 Å². The standard InChI is InChI=1S/C13H10ClFN2O3/c1-19-13(18)8-4-5-17-12(11(8)16)20-7-2-3-9(14)10(15)6-7/h2-6H,16H2,1H3. The lowest BCUT2D eigenvalue weighted by Gasteiger charge is -2.10. The Morgan fingerprint density at radius 3 is 2.80 bits per heavy atom. The third-order valence-electron chi connectivity index (χ3n) is 2.46. The van der Waals surface area contributed by atoms with Crippen LogP contribution in [0.3, 0.4) is 0 Å². The van der Waals surface area contributed by atoms with Crippen molar-refractivity contribution >= 4 is 23.3 Å². The van der Waals surface area contributed by atoms with Crippen molar-refractivity contribution in [2.75, 3.05) is 12.8 Å².